The molecule has 0 bridgehead atoms. The van der Waals surface area contributed by atoms with Gasteiger partial charge in [0, 0.05) is 17.1 Å². The van der Waals surface area contributed by atoms with Crippen molar-refractivity contribution in [1.82, 2.24) is 4.90 Å². The second-order valence-corrected chi connectivity index (χ2v) is 5.84. The SMILES string of the molecule is CCN(CC)C/C=C(/C)c1ccc(-c2ccccc2Cl)cc1. The molecule has 0 radical (unpaired) electrons. The molecular formula is C20H24ClN. The predicted molar refractivity (Wildman–Crippen MR) is 98.3 cm³/mol. The van der Waals surface area contributed by atoms with E-state index in [4.69, 9.17) is 11.6 Å². The molecule has 0 aromatic heterocycles. The molecule has 0 amide bonds. The lowest BCUT2D eigenvalue weighted by atomic mass is 10.0. The van der Waals surface area contributed by atoms with Gasteiger partial charge in [0.2, 0.25) is 0 Å². The van der Waals surface area contributed by atoms with Crippen molar-refractivity contribution >= 4 is 17.2 Å². The minimum Gasteiger partial charge on any atom is -0.300 e. The summed E-state index contributed by atoms with van der Waals surface area (Å²) in [6, 6.07) is 16.6. The molecule has 2 rings (SSSR count). The van der Waals surface area contributed by atoms with Crippen molar-refractivity contribution in [2.45, 2.75) is 20.8 Å². The predicted octanol–water partition coefficient (Wildman–Crippen LogP) is 5.75. The van der Waals surface area contributed by atoms with Gasteiger partial charge in [-0.3, -0.25) is 0 Å². The van der Waals surface area contributed by atoms with Gasteiger partial charge in [-0.1, -0.05) is 74.0 Å². The average molecular weight is 314 g/mol. The molecule has 116 valence electrons. The lowest BCUT2D eigenvalue weighted by molar-refractivity contribution is 0.337. The highest BCUT2D eigenvalue weighted by Gasteiger charge is 2.03. The number of hydrogen-bond acceptors (Lipinski definition) is 1. The fraction of sp³-hybridized carbons (Fsp3) is 0.300. The van der Waals surface area contributed by atoms with Crippen molar-refractivity contribution in [2.75, 3.05) is 19.6 Å². The average Bonchev–Trinajstić information content (AvgIpc) is 2.56. The smallest absolute Gasteiger partial charge is 0.0484 e. The van der Waals surface area contributed by atoms with Crippen molar-refractivity contribution in [3.63, 3.8) is 0 Å². The molecule has 0 saturated heterocycles. The first kappa shape index (κ1) is 16.8. The molecule has 0 unspecified atom stereocenters. The molecule has 0 aliphatic rings. The quantitative estimate of drug-likeness (QED) is 0.656. The van der Waals surface area contributed by atoms with E-state index in [-0.39, 0.29) is 0 Å². The van der Waals surface area contributed by atoms with Gasteiger partial charge in [-0.2, -0.15) is 0 Å². The maximum absolute atomic E-state index is 6.26. The Labute approximate surface area is 139 Å². The van der Waals surface area contributed by atoms with E-state index in [1.54, 1.807) is 0 Å². The van der Waals surface area contributed by atoms with Crippen molar-refractivity contribution in [3.05, 3.63) is 65.2 Å². The molecule has 0 aliphatic carbocycles. The summed E-state index contributed by atoms with van der Waals surface area (Å²) in [4.78, 5) is 2.40. The molecular weight excluding hydrogens is 290 g/mol. The molecule has 22 heavy (non-hydrogen) atoms. The lowest BCUT2D eigenvalue weighted by Gasteiger charge is -2.16. The molecule has 0 saturated carbocycles. The Hall–Kier alpha value is -1.57. The fourth-order valence-corrected chi connectivity index (χ4v) is 2.72. The Morgan fingerprint density at radius 3 is 2.23 bits per heavy atom. The maximum Gasteiger partial charge on any atom is 0.0484 e. The van der Waals surface area contributed by atoms with E-state index in [9.17, 15) is 0 Å². The molecule has 0 fully saturated rings. The van der Waals surface area contributed by atoms with Crippen LogP contribution in [0.4, 0.5) is 0 Å². The van der Waals surface area contributed by atoms with Crippen LogP contribution in [0.2, 0.25) is 5.02 Å². The largest absolute Gasteiger partial charge is 0.300 e. The number of allylic oxidation sites excluding steroid dienone is 1. The van der Waals surface area contributed by atoms with E-state index in [0.717, 1.165) is 35.8 Å². The van der Waals surface area contributed by atoms with E-state index in [1.165, 1.54) is 11.1 Å². The summed E-state index contributed by atoms with van der Waals surface area (Å²) in [6.45, 7) is 9.76. The summed E-state index contributed by atoms with van der Waals surface area (Å²) in [5.41, 5.74) is 4.83. The van der Waals surface area contributed by atoms with Gasteiger partial charge in [-0.15, -0.1) is 0 Å². The summed E-state index contributed by atoms with van der Waals surface area (Å²) in [7, 11) is 0. The summed E-state index contributed by atoms with van der Waals surface area (Å²) in [5.74, 6) is 0. The first-order valence-electron chi connectivity index (χ1n) is 7.90. The van der Waals surface area contributed by atoms with Crippen molar-refractivity contribution in [1.29, 1.82) is 0 Å². The van der Waals surface area contributed by atoms with Crippen molar-refractivity contribution in [3.8, 4) is 11.1 Å². The molecule has 0 heterocycles. The molecule has 0 atom stereocenters. The second-order valence-electron chi connectivity index (χ2n) is 5.43. The molecule has 2 aromatic carbocycles. The van der Waals surface area contributed by atoms with E-state index in [1.807, 2.05) is 18.2 Å². The topological polar surface area (TPSA) is 3.24 Å². The number of rotatable bonds is 6. The standard InChI is InChI=1S/C20H24ClN/c1-4-22(5-2)15-14-16(3)17-10-12-18(13-11-17)19-8-6-7-9-20(19)21/h6-14H,4-5,15H2,1-3H3/b16-14-. The third kappa shape index (κ3) is 4.22. The van der Waals surface area contributed by atoms with Gasteiger partial charge in [-0.05, 0) is 42.8 Å². The molecule has 1 nitrogen and oxygen atoms in total. The normalized spacial score (nSPS) is 12.0. The van der Waals surface area contributed by atoms with Crippen LogP contribution in [0.3, 0.4) is 0 Å². The third-order valence-corrected chi connectivity index (χ3v) is 4.40. The van der Waals surface area contributed by atoms with E-state index < -0.39 is 0 Å². The molecule has 0 spiro atoms. The zero-order chi connectivity index (χ0) is 15.9. The van der Waals surface area contributed by atoms with Gasteiger partial charge in [0.25, 0.3) is 0 Å². The number of likely N-dealkylation sites (N-methyl/N-ethyl adjacent to an activating group) is 1. The number of hydrogen-bond donors (Lipinski definition) is 0. The van der Waals surface area contributed by atoms with E-state index >= 15 is 0 Å². The Morgan fingerprint density at radius 1 is 1.00 bits per heavy atom. The van der Waals surface area contributed by atoms with Crippen LogP contribution in [-0.4, -0.2) is 24.5 Å². The third-order valence-electron chi connectivity index (χ3n) is 4.08. The molecule has 0 N–H and O–H groups in total. The van der Waals surface area contributed by atoms with Crippen LogP contribution in [-0.2, 0) is 0 Å². The second kappa shape index (κ2) is 8.17. The van der Waals surface area contributed by atoms with Crippen molar-refractivity contribution in [2.24, 2.45) is 0 Å². The van der Waals surface area contributed by atoms with Crippen LogP contribution in [0.25, 0.3) is 16.7 Å². The summed E-state index contributed by atoms with van der Waals surface area (Å²) >= 11 is 6.26. The minimum absolute atomic E-state index is 0.795. The zero-order valence-corrected chi connectivity index (χ0v) is 14.4. The van der Waals surface area contributed by atoms with Crippen LogP contribution in [0.15, 0.2) is 54.6 Å². The van der Waals surface area contributed by atoms with Gasteiger partial charge in [-0.25, -0.2) is 0 Å². The highest BCUT2D eigenvalue weighted by atomic mass is 35.5. The zero-order valence-electron chi connectivity index (χ0n) is 13.6. The van der Waals surface area contributed by atoms with Crippen molar-refractivity contribution < 1.29 is 0 Å². The number of benzene rings is 2. The monoisotopic (exact) mass is 313 g/mol. The Kier molecular flexibility index (Phi) is 6.23. The first-order valence-corrected chi connectivity index (χ1v) is 8.28. The minimum atomic E-state index is 0.795. The van der Waals surface area contributed by atoms with Crippen LogP contribution < -0.4 is 0 Å². The molecule has 2 aromatic rings. The van der Waals surface area contributed by atoms with Crippen LogP contribution >= 0.6 is 11.6 Å². The lowest BCUT2D eigenvalue weighted by Crippen LogP contribution is -2.22. The highest BCUT2D eigenvalue weighted by molar-refractivity contribution is 6.33. The van der Waals surface area contributed by atoms with Crippen LogP contribution in [0.5, 0.6) is 0 Å². The van der Waals surface area contributed by atoms with E-state index in [0.29, 0.717) is 0 Å². The highest BCUT2D eigenvalue weighted by Crippen LogP contribution is 2.28. The number of nitrogens with zero attached hydrogens (tertiary/aromatic N) is 1. The van der Waals surface area contributed by atoms with Crippen LogP contribution in [0, 0.1) is 0 Å². The Balaban J connectivity index is 2.15. The Morgan fingerprint density at radius 2 is 1.64 bits per heavy atom. The molecule has 2 heteroatoms. The van der Waals surface area contributed by atoms with E-state index in [2.05, 4.69) is 62.1 Å². The Bertz CT molecular complexity index is 624. The van der Waals surface area contributed by atoms with Crippen LogP contribution in [0.1, 0.15) is 26.3 Å². The van der Waals surface area contributed by atoms with Gasteiger partial charge >= 0.3 is 0 Å². The molecule has 0 aliphatic heterocycles. The van der Waals surface area contributed by atoms with Gasteiger partial charge < -0.3 is 4.90 Å². The van der Waals surface area contributed by atoms with Gasteiger partial charge in [0.1, 0.15) is 0 Å². The first-order chi connectivity index (χ1) is 10.7. The van der Waals surface area contributed by atoms with Gasteiger partial charge in [0.15, 0.2) is 0 Å². The van der Waals surface area contributed by atoms with Gasteiger partial charge in [0.05, 0.1) is 0 Å². The maximum atomic E-state index is 6.26. The summed E-state index contributed by atoms with van der Waals surface area (Å²) in [6.07, 6.45) is 2.30. The fourth-order valence-electron chi connectivity index (χ4n) is 2.47. The summed E-state index contributed by atoms with van der Waals surface area (Å²) in [5, 5.41) is 0.795. The summed E-state index contributed by atoms with van der Waals surface area (Å²) < 4.78 is 0. The number of halogens is 1.